The maximum Gasteiger partial charge on any atom is 0.387 e. The molecule has 1 unspecified atom stereocenters. The molecule has 0 aliphatic carbocycles. The van der Waals surface area contributed by atoms with Crippen molar-refractivity contribution < 1.29 is 18.3 Å². The van der Waals surface area contributed by atoms with Gasteiger partial charge in [0.2, 0.25) is 0 Å². The van der Waals surface area contributed by atoms with Gasteiger partial charge in [0.05, 0.1) is 0 Å². The van der Waals surface area contributed by atoms with E-state index in [4.69, 9.17) is 0 Å². The summed E-state index contributed by atoms with van der Waals surface area (Å²) >= 11 is 0. The van der Waals surface area contributed by atoms with Gasteiger partial charge in [-0.25, -0.2) is 0 Å². The summed E-state index contributed by atoms with van der Waals surface area (Å²) in [6, 6.07) is 3.38. The molecule has 0 saturated carbocycles. The molecule has 0 radical (unpaired) electrons. The lowest BCUT2D eigenvalue weighted by Gasteiger charge is -2.24. The molecule has 1 aromatic carbocycles. The zero-order valence-corrected chi connectivity index (χ0v) is 13.7. The summed E-state index contributed by atoms with van der Waals surface area (Å²) < 4.78 is 29.2. The summed E-state index contributed by atoms with van der Waals surface area (Å²) in [6.07, 6.45) is 0.923. The molecule has 0 bridgehead atoms. The fourth-order valence-electron chi connectivity index (χ4n) is 2.69. The van der Waals surface area contributed by atoms with Crippen LogP contribution in [0.25, 0.3) is 0 Å². The predicted molar refractivity (Wildman–Crippen MR) is 83.2 cm³/mol. The largest absolute Gasteiger partial charge is 0.434 e. The van der Waals surface area contributed by atoms with Crippen LogP contribution in [0.5, 0.6) is 5.75 Å². The lowest BCUT2D eigenvalue weighted by Crippen LogP contribution is -2.38. The standard InChI is InChI=1S/C15H20F2N2O2.ClH/c1-9-6-11(7-10(2)13(9)21-15(16)17)14(20)19(3)12-4-5-18-8-12;/h6-7,12,15,18H,4-5,8H2,1-3H3;1H. The van der Waals surface area contributed by atoms with Crippen molar-refractivity contribution in [3.05, 3.63) is 28.8 Å². The van der Waals surface area contributed by atoms with Gasteiger partial charge in [0, 0.05) is 25.2 Å². The molecule has 4 nitrogen and oxygen atoms in total. The van der Waals surface area contributed by atoms with Crippen LogP contribution in [0.15, 0.2) is 12.1 Å². The van der Waals surface area contributed by atoms with Crippen molar-refractivity contribution in [2.24, 2.45) is 0 Å². The van der Waals surface area contributed by atoms with Crippen LogP contribution in [0, 0.1) is 13.8 Å². The van der Waals surface area contributed by atoms with Gasteiger partial charge in [-0.2, -0.15) is 8.78 Å². The SMILES string of the molecule is Cc1cc(C(=O)N(C)C2CCNC2)cc(C)c1OC(F)F.Cl. The van der Waals surface area contributed by atoms with E-state index in [1.807, 2.05) is 0 Å². The molecular weight excluding hydrogens is 314 g/mol. The van der Waals surface area contributed by atoms with Crippen molar-refractivity contribution in [3.8, 4) is 5.75 Å². The van der Waals surface area contributed by atoms with Crippen molar-refractivity contribution >= 4 is 18.3 Å². The predicted octanol–water partition coefficient (Wildman–Crippen LogP) is 2.76. The van der Waals surface area contributed by atoms with Gasteiger partial charge in [0.25, 0.3) is 5.91 Å². The first kappa shape index (κ1) is 18.6. The topological polar surface area (TPSA) is 41.6 Å². The number of amides is 1. The monoisotopic (exact) mass is 334 g/mol. The molecule has 1 saturated heterocycles. The Kier molecular flexibility index (Phi) is 6.56. The highest BCUT2D eigenvalue weighted by molar-refractivity contribution is 5.95. The van der Waals surface area contributed by atoms with E-state index >= 15 is 0 Å². The highest BCUT2D eigenvalue weighted by atomic mass is 35.5. The number of rotatable bonds is 4. The van der Waals surface area contributed by atoms with Crippen molar-refractivity contribution in [1.29, 1.82) is 0 Å². The van der Waals surface area contributed by atoms with Gasteiger partial charge in [-0.05, 0) is 50.1 Å². The second-order valence-corrected chi connectivity index (χ2v) is 5.38. The molecule has 0 aromatic heterocycles. The molecule has 1 aliphatic rings. The smallest absolute Gasteiger partial charge is 0.387 e. The minimum Gasteiger partial charge on any atom is -0.434 e. The van der Waals surface area contributed by atoms with Gasteiger partial charge in [0.1, 0.15) is 5.75 Å². The average molecular weight is 335 g/mol. The Morgan fingerprint density at radius 2 is 1.95 bits per heavy atom. The van der Waals surface area contributed by atoms with E-state index in [9.17, 15) is 13.6 Å². The summed E-state index contributed by atoms with van der Waals surface area (Å²) in [7, 11) is 1.77. The number of alkyl halides is 2. The number of hydrogen-bond acceptors (Lipinski definition) is 3. The van der Waals surface area contributed by atoms with Crippen LogP contribution >= 0.6 is 12.4 Å². The van der Waals surface area contributed by atoms with Crippen molar-refractivity contribution in [2.75, 3.05) is 20.1 Å². The molecule has 1 atom stereocenters. The van der Waals surface area contributed by atoms with Crippen LogP contribution in [0.1, 0.15) is 27.9 Å². The number of likely N-dealkylation sites (N-methyl/N-ethyl adjacent to an activating group) is 1. The van der Waals surface area contributed by atoms with Gasteiger partial charge >= 0.3 is 6.61 Å². The highest BCUT2D eigenvalue weighted by Gasteiger charge is 2.25. The minimum absolute atomic E-state index is 0. The minimum atomic E-state index is -2.86. The van der Waals surface area contributed by atoms with Crippen LogP contribution in [0.4, 0.5) is 8.78 Å². The number of nitrogens with one attached hydrogen (secondary N) is 1. The number of halogens is 3. The van der Waals surface area contributed by atoms with Gasteiger partial charge in [-0.3, -0.25) is 4.79 Å². The van der Waals surface area contributed by atoms with E-state index < -0.39 is 6.61 Å². The molecule has 2 rings (SSSR count). The highest BCUT2D eigenvalue weighted by Crippen LogP contribution is 2.27. The summed E-state index contributed by atoms with van der Waals surface area (Å²) in [5, 5.41) is 3.22. The summed E-state index contributed by atoms with van der Waals surface area (Å²) in [4.78, 5) is 14.2. The molecule has 1 heterocycles. The molecular formula is C15H21ClF2N2O2. The van der Waals surface area contributed by atoms with Crippen LogP contribution in [0.2, 0.25) is 0 Å². The van der Waals surface area contributed by atoms with Crippen molar-refractivity contribution in [3.63, 3.8) is 0 Å². The van der Waals surface area contributed by atoms with E-state index in [1.54, 1.807) is 37.9 Å². The number of ether oxygens (including phenoxy) is 1. The lowest BCUT2D eigenvalue weighted by molar-refractivity contribution is -0.0507. The maximum absolute atomic E-state index is 12.5. The van der Waals surface area contributed by atoms with Crippen molar-refractivity contribution in [2.45, 2.75) is 32.9 Å². The van der Waals surface area contributed by atoms with Crippen LogP contribution < -0.4 is 10.1 Å². The second kappa shape index (κ2) is 7.74. The Labute approximate surface area is 135 Å². The van der Waals surface area contributed by atoms with E-state index in [1.165, 1.54) is 0 Å². The molecule has 1 amide bonds. The number of hydrogen-bond donors (Lipinski definition) is 1. The fraction of sp³-hybridized carbons (Fsp3) is 0.533. The Hall–Kier alpha value is -1.40. The second-order valence-electron chi connectivity index (χ2n) is 5.38. The van der Waals surface area contributed by atoms with Gasteiger partial charge < -0.3 is 15.0 Å². The third-order valence-electron chi connectivity index (χ3n) is 3.82. The summed E-state index contributed by atoms with van der Waals surface area (Å²) in [6.45, 7) is 2.15. The number of nitrogens with zero attached hydrogens (tertiary/aromatic N) is 1. The molecule has 1 fully saturated rings. The normalized spacial score (nSPS) is 17.3. The first-order valence-corrected chi connectivity index (χ1v) is 6.94. The van der Waals surface area contributed by atoms with Crippen LogP contribution in [0.3, 0.4) is 0 Å². The molecule has 0 spiro atoms. The van der Waals surface area contributed by atoms with E-state index in [-0.39, 0.29) is 30.1 Å². The van der Waals surface area contributed by atoms with Crippen molar-refractivity contribution in [1.82, 2.24) is 10.2 Å². The molecule has 1 aromatic rings. The molecule has 1 N–H and O–H groups in total. The van der Waals surface area contributed by atoms with E-state index in [0.717, 1.165) is 19.5 Å². The third kappa shape index (κ3) is 4.08. The molecule has 1 aliphatic heterocycles. The van der Waals surface area contributed by atoms with Gasteiger partial charge in [0.15, 0.2) is 0 Å². The summed E-state index contributed by atoms with van der Waals surface area (Å²) in [5.41, 5.74) is 1.58. The number of carbonyl (C=O) groups excluding carboxylic acids is 1. The maximum atomic E-state index is 12.5. The first-order valence-electron chi connectivity index (χ1n) is 6.94. The van der Waals surface area contributed by atoms with E-state index in [0.29, 0.717) is 16.7 Å². The third-order valence-corrected chi connectivity index (χ3v) is 3.82. The fourth-order valence-corrected chi connectivity index (χ4v) is 2.69. The number of aryl methyl sites for hydroxylation is 2. The number of carbonyl (C=O) groups is 1. The molecule has 124 valence electrons. The zero-order chi connectivity index (χ0) is 15.6. The Balaban J connectivity index is 0.00000242. The lowest BCUT2D eigenvalue weighted by atomic mass is 10.0. The number of benzene rings is 1. The van der Waals surface area contributed by atoms with Crippen LogP contribution in [-0.2, 0) is 0 Å². The Morgan fingerprint density at radius 3 is 2.41 bits per heavy atom. The average Bonchev–Trinajstić information content (AvgIpc) is 2.94. The Morgan fingerprint density at radius 1 is 1.36 bits per heavy atom. The Bertz CT molecular complexity index is 511. The molecule has 7 heteroatoms. The zero-order valence-electron chi connectivity index (χ0n) is 12.9. The summed E-state index contributed by atoms with van der Waals surface area (Å²) in [5.74, 6) is 0.0465. The van der Waals surface area contributed by atoms with Gasteiger partial charge in [-0.1, -0.05) is 0 Å². The van der Waals surface area contributed by atoms with Crippen LogP contribution in [-0.4, -0.2) is 43.6 Å². The quantitative estimate of drug-likeness (QED) is 0.920. The van der Waals surface area contributed by atoms with Gasteiger partial charge in [-0.15, -0.1) is 12.4 Å². The van der Waals surface area contributed by atoms with E-state index in [2.05, 4.69) is 10.1 Å². The molecule has 22 heavy (non-hydrogen) atoms. The first-order chi connectivity index (χ1) is 9.90.